The summed E-state index contributed by atoms with van der Waals surface area (Å²) in [7, 11) is 3.74. The first-order valence-corrected chi connectivity index (χ1v) is 6.91. The summed E-state index contributed by atoms with van der Waals surface area (Å²) in [6.07, 6.45) is 0.753. The lowest BCUT2D eigenvalue weighted by Gasteiger charge is -2.21. The van der Waals surface area contributed by atoms with Crippen molar-refractivity contribution in [3.63, 3.8) is 0 Å². The van der Waals surface area contributed by atoms with E-state index in [4.69, 9.17) is 23.2 Å². The second-order valence-electron chi connectivity index (χ2n) is 4.28. The number of likely N-dealkylation sites (N-methyl/N-ethyl adjacent to an activating group) is 1. The van der Waals surface area contributed by atoms with Gasteiger partial charge in [0.05, 0.1) is 6.04 Å². The molecule has 5 heteroatoms. The molecule has 0 N–H and O–H groups in total. The largest absolute Gasteiger partial charge is 0.299 e. The quantitative estimate of drug-likeness (QED) is 0.615. The normalized spacial score (nSPS) is 12.1. The molecule has 0 bridgehead atoms. The Morgan fingerprint density at radius 3 is 2.00 bits per heavy atom. The molecular formula is C14H20Cl2FNO. The molecule has 1 rings (SSSR count). The number of carbonyl (C=O) groups is 1. The van der Waals surface area contributed by atoms with Crippen molar-refractivity contribution in [2.75, 3.05) is 14.1 Å². The molecule has 0 radical (unpaired) electrons. The van der Waals surface area contributed by atoms with Gasteiger partial charge in [0.1, 0.15) is 10.7 Å². The molecule has 0 aliphatic rings. The van der Waals surface area contributed by atoms with E-state index in [1.54, 1.807) is 6.92 Å². The van der Waals surface area contributed by atoms with Crippen LogP contribution in [0.3, 0.4) is 0 Å². The summed E-state index contributed by atoms with van der Waals surface area (Å²) in [5, 5.41) is 0. The van der Waals surface area contributed by atoms with Crippen LogP contribution in [0.4, 0.5) is 4.39 Å². The maximum absolute atomic E-state index is 12.7. The van der Waals surface area contributed by atoms with E-state index in [9.17, 15) is 9.18 Å². The Labute approximate surface area is 124 Å². The highest BCUT2D eigenvalue weighted by Gasteiger charge is 2.19. The molecule has 0 fully saturated rings. The second-order valence-corrected chi connectivity index (χ2v) is 5.81. The highest BCUT2D eigenvalue weighted by atomic mass is 35.5. The molecule has 1 aromatic carbocycles. The minimum absolute atomic E-state index is 0.0440. The molecule has 0 heterocycles. The van der Waals surface area contributed by atoms with Crippen LogP contribution in [-0.2, 0) is 0 Å². The highest BCUT2D eigenvalue weighted by molar-refractivity contribution is 6.43. The molecular weight excluding hydrogens is 288 g/mol. The van der Waals surface area contributed by atoms with Crippen LogP contribution in [0.25, 0.3) is 0 Å². The number of benzene rings is 1. The van der Waals surface area contributed by atoms with Crippen molar-refractivity contribution in [3.8, 4) is 0 Å². The van der Waals surface area contributed by atoms with Crippen LogP contribution in [0.5, 0.6) is 0 Å². The molecule has 0 saturated heterocycles. The fourth-order valence-electron chi connectivity index (χ4n) is 1.59. The topological polar surface area (TPSA) is 20.3 Å². The predicted octanol–water partition coefficient (Wildman–Crippen LogP) is 4.16. The predicted molar refractivity (Wildman–Crippen MR) is 79.7 cm³/mol. The third kappa shape index (κ3) is 7.51. The Balaban J connectivity index is 0.000000711. The number of ketones is 1. The first kappa shape index (κ1) is 18.4. The van der Waals surface area contributed by atoms with Gasteiger partial charge >= 0.3 is 0 Å². The maximum Gasteiger partial charge on any atom is 0.179 e. The Morgan fingerprint density at radius 1 is 1.26 bits per heavy atom. The fourth-order valence-corrected chi connectivity index (χ4v) is 1.59. The molecule has 1 unspecified atom stereocenters. The number of carbonyl (C=O) groups excluding carboxylic acids is 1. The summed E-state index contributed by atoms with van der Waals surface area (Å²) in [5.74, 6) is -0.271. The van der Waals surface area contributed by atoms with E-state index in [-0.39, 0.29) is 22.5 Å². The van der Waals surface area contributed by atoms with E-state index in [0.717, 1.165) is 6.42 Å². The Morgan fingerprint density at radius 2 is 1.68 bits per heavy atom. The van der Waals surface area contributed by atoms with Crippen LogP contribution < -0.4 is 0 Å². The van der Waals surface area contributed by atoms with Gasteiger partial charge in [-0.2, -0.15) is 0 Å². The highest BCUT2D eigenvalue weighted by Crippen LogP contribution is 2.10. The van der Waals surface area contributed by atoms with Crippen molar-refractivity contribution >= 4 is 29.0 Å². The van der Waals surface area contributed by atoms with Gasteiger partial charge in [-0.05, 0) is 51.7 Å². The van der Waals surface area contributed by atoms with Gasteiger partial charge in [-0.25, -0.2) is 4.39 Å². The summed E-state index contributed by atoms with van der Waals surface area (Å²) in [5.41, 5.74) is 0.567. The van der Waals surface area contributed by atoms with Crippen molar-refractivity contribution in [2.24, 2.45) is 0 Å². The molecule has 0 saturated carbocycles. The zero-order valence-electron chi connectivity index (χ0n) is 11.7. The van der Waals surface area contributed by atoms with Gasteiger partial charge < -0.3 is 0 Å². The number of nitrogens with zero attached hydrogens (tertiary/aromatic N) is 1. The second kappa shape index (κ2) is 9.29. The van der Waals surface area contributed by atoms with E-state index in [1.807, 2.05) is 25.9 Å². The van der Waals surface area contributed by atoms with Crippen LogP contribution in [0.1, 0.15) is 30.6 Å². The minimum atomic E-state index is -0.315. The molecule has 1 aromatic rings. The van der Waals surface area contributed by atoms with Gasteiger partial charge in [0, 0.05) is 5.56 Å². The van der Waals surface area contributed by atoms with Crippen LogP contribution in [0.15, 0.2) is 24.3 Å². The zero-order chi connectivity index (χ0) is 15.0. The lowest BCUT2D eigenvalue weighted by Crippen LogP contribution is -2.35. The smallest absolute Gasteiger partial charge is 0.179 e. The molecule has 1 atom stereocenters. The van der Waals surface area contributed by atoms with Gasteiger partial charge in [-0.3, -0.25) is 9.69 Å². The molecule has 2 nitrogen and oxygen atoms in total. The van der Waals surface area contributed by atoms with Crippen molar-refractivity contribution < 1.29 is 9.18 Å². The average molecular weight is 308 g/mol. The molecule has 0 aliphatic carbocycles. The van der Waals surface area contributed by atoms with Gasteiger partial charge in [0.25, 0.3) is 0 Å². The van der Waals surface area contributed by atoms with Gasteiger partial charge in [0.15, 0.2) is 5.78 Å². The molecule has 0 aliphatic heterocycles. The lowest BCUT2D eigenvalue weighted by atomic mass is 10.0. The monoisotopic (exact) mass is 307 g/mol. The number of halogens is 3. The van der Waals surface area contributed by atoms with Crippen LogP contribution >= 0.6 is 23.2 Å². The van der Waals surface area contributed by atoms with Crippen molar-refractivity contribution in [1.82, 2.24) is 4.90 Å². The van der Waals surface area contributed by atoms with Crippen molar-refractivity contribution in [3.05, 3.63) is 35.6 Å². The van der Waals surface area contributed by atoms with E-state index in [0.29, 0.717) is 5.56 Å². The standard InChI is InChI=1S/C12H16FNO.C2H4Cl2/c1-4-11(14(2)3)12(15)9-5-7-10(13)8-6-9;1-2(3)4/h5-8,11H,4H2,1-3H3;2H,1H3. The van der Waals surface area contributed by atoms with Gasteiger partial charge in [0.2, 0.25) is 0 Å². The molecule has 0 aromatic heterocycles. The molecule has 0 spiro atoms. The number of hydrogen-bond donors (Lipinski definition) is 0. The van der Waals surface area contributed by atoms with Crippen LogP contribution in [-0.4, -0.2) is 35.7 Å². The number of rotatable bonds is 4. The number of alkyl halides is 2. The summed E-state index contributed by atoms with van der Waals surface area (Å²) in [4.78, 5) is 13.6. The summed E-state index contributed by atoms with van der Waals surface area (Å²) in [6, 6.07) is 5.56. The zero-order valence-corrected chi connectivity index (χ0v) is 13.2. The van der Waals surface area contributed by atoms with Crippen LogP contribution in [0, 0.1) is 5.82 Å². The van der Waals surface area contributed by atoms with E-state index in [2.05, 4.69) is 0 Å². The third-order valence-electron chi connectivity index (χ3n) is 2.44. The van der Waals surface area contributed by atoms with E-state index >= 15 is 0 Å². The van der Waals surface area contributed by atoms with Gasteiger partial charge in [-0.1, -0.05) is 6.92 Å². The molecule has 19 heavy (non-hydrogen) atoms. The maximum atomic E-state index is 12.7. The Hall–Kier alpha value is -0.640. The van der Waals surface area contributed by atoms with E-state index < -0.39 is 0 Å². The van der Waals surface area contributed by atoms with Crippen LogP contribution in [0.2, 0.25) is 0 Å². The van der Waals surface area contributed by atoms with E-state index in [1.165, 1.54) is 24.3 Å². The van der Waals surface area contributed by atoms with Crippen molar-refractivity contribution in [2.45, 2.75) is 31.1 Å². The summed E-state index contributed by atoms with van der Waals surface area (Å²) in [6.45, 7) is 3.66. The Bertz CT molecular complexity index is 377. The first-order valence-electron chi connectivity index (χ1n) is 6.03. The molecule has 0 amide bonds. The number of Topliss-reactive ketones (excluding diaryl/α,β-unsaturated/α-hetero) is 1. The Kier molecular flexibility index (Phi) is 8.98. The SMILES string of the molecule is CC(Cl)Cl.CCC(C(=O)c1ccc(F)cc1)N(C)C. The average Bonchev–Trinajstić information content (AvgIpc) is 2.29. The first-order chi connectivity index (χ1) is 8.79. The minimum Gasteiger partial charge on any atom is -0.299 e. The lowest BCUT2D eigenvalue weighted by molar-refractivity contribution is 0.0871. The summed E-state index contributed by atoms with van der Waals surface area (Å²) < 4.78 is 12.7. The molecule has 108 valence electrons. The summed E-state index contributed by atoms with van der Waals surface area (Å²) >= 11 is 10.1. The number of hydrogen-bond acceptors (Lipinski definition) is 2. The third-order valence-corrected chi connectivity index (χ3v) is 2.44. The van der Waals surface area contributed by atoms with Gasteiger partial charge in [-0.15, -0.1) is 23.2 Å². The fraction of sp³-hybridized carbons (Fsp3) is 0.500. The van der Waals surface area contributed by atoms with Crippen molar-refractivity contribution in [1.29, 1.82) is 0 Å².